The fraction of sp³-hybridized carbons (Fsp3) is 0.579. The van der Waals surface area contributed by atoms with Crippen molar-refractivity contribution >= 4 is 23.2 Å². The summed E-state index contributed by atoms with van der Waals surface area (Å²) in [7, 11) is 1.58. The molecule has 0 aliphatic rings. The third-order valence-electron chi connectivity index (χ3n) is 4.00. The van der Waals surface area contributed by atoms with E-state index in [9.17, 15) is 9.59 Å². The average Bonchev–Trinajstić information content (AvgIpc) is 3.37. The van der Waals surface area contributed by atoms with Crippen LogP contribution < -0.4 is 0 Å². The summed E-state index contributed by atoms with van der Waals surface area (Å²) in [6.07, 6.45) is 0.785. The Morgan fingerprint density at radius 3 is 2.69 bits per heavy atom. The van der Waals surface area contributed by atoms with Crippen LogP contribution in [-0.4, -0.2) is 78.4 Å². The zero-order chi connectivity index (χ0) is 21.1. The van der Waals surface area contributed by atoms with Crippen molar-refractivity contribution in [3.05, 3.63) is 23.4 Å². The maximum Gasteiger partial charge on any atom is 0.320 e. The van der Waals surface area contributed by atoms with Crippen LogP contribution in [0.15, 0.2) is 21.9 Å². The van der Waals surface area contributed by atoms with Gasteiger partial charge in [-0.05, 0) is 24.8 Å². The first kappa shape index (κ1) is 23.0. The van der Waals surface area contributed by atoms with Crippen molar-refractivity contribution < 1.29 is 23.5 Å². The fourth-order valence-corrected chi connectivity index (χ4v) is 3.30. The second-order valence-corrected chi connectivity index (χ2v) is 7.25. The number of carbonyl (C=O) groups excluding carboxylic acids is 2. The lowest BCUT2D eigenvalue weighted by molar-refractivity contribution is -0.145. The highest BCUT2D eigenvalue weighted by atomic mass is 32.1. The zero-order valence-electron chi connectivity index (χ0n) is 17.1. The molecule has 0 saturated heterocycles. The molecule has 0 bridgehead atoms. The van der Waals surface area contributed by atoms with Crippen LogP contribution in [0.25, 0.3) is 10.8 Å². The van der Waals surface area contributed by atoms with Crippen molar-refractivity contribution in [2.45, 2.75) is 26.8 Å². The van der Waals surface area contributed by atoms with Crippen molar-refractivity contribution in [1.82, 2.24) is 20.0 Å². The van der Waals surface area contributed by atoms with Gasteiger partial charge in [-0.15, -0.1) is 21.5 Å². The molecule has 0 aliphatic carbocycles. The average molecular weight is 425 g/mol. The molecule has 0 aromatic carbocycles. The highest BCUT2D eigenvalue weighted by Crippen LogP contribution is 2.23. The van der Waals surface area contributed by atoms with E-state index in [1.165, 1.54) is 11.3 Å². The van der Waals surface area contributed by atoms with Gasteiger partial charge in [0.25, 0.3) is 5.89 Å². The first-order valence-electron chi connectivity index (χ1n) is 9.58. The van der Waals surface area contributed by atoms with Crippen molar-refractivity contribution in [3.63, 3.8) is 0 Å². The van der Waals surface area contributed by atoms with E-state index >= 15 is 0 Å². The summed E-state index contributed by atoms with van der Waals surface area (Å²) in [6, 6.07) is 3.81. The fourth-order valence-electron chi connectivity index (χ4n) is 2.66. The molecule has 0 atom stereocenters. The summed E-state index contributed by atoms with van der Waals surface area (Å²) >= 11 is 1.51. The first-order chi connectivity index (χ1) is 14.1. The molecule has 2 heterocycles. The SMILES string of the molecule is CCCN(Cc1nnc(-c2cccs2)o1)C(=O)CN(CCOC)CC(=O)OCC. The number of ether oxygens (including phenoxy) is 2. The molecule has 0 fully saturated rings. The predicted octanol–water partition coefficient (Wildman–Crippen LogP) is 2.05. The van der Waals surface area contributed by atoms with Crippen LogP contribution in [0, 0.1) is 0 Å². The Morgan fingerprint density at radius 2 is 2.03 bits per heavy atom. The Bertz CT molecular complexity index is 750. The van der Waals surface area contributed by atoms with E-state index in [2.05, 4.69) is 10.2 Å². The summed E-state index contributed by atoms with van der Waals surface area (Å²) in [6.45, 7) is 5.79. The van der Waals surface area contributed by atoms with Crippen molar-refractivity contribution in [2.75, 3.05) is 46.5 Å². The Morgan fingerprint density at radius 1 is 1.21 bits per heavy atom. The van der Waals surface area contributed by atoms with E-state index in [1.807, 2.05) is 24.4 Å². The third-order valence-corrected chi connectivity index (χ3v) is 4.86. The van der Waals surface area contributed by atoms with Gasteiger partial charge in [0.15, 0.2) is 0 Å². The normalized spacial score (nSPS) is 11.0. The summed E-state index contributed by atoms with van der Waals surface area (Å²) in [5, 5.41) is 10.1. The van der Waals surface area contributed by atoms with E-state index in [4.69, 9.17) is 13.9 Å². The standard InChI is InChI=1S/C19H28N4O5S/c1-4-8-23(12-16-20-21-19(28-16)15-7-6-11-29-15)17(24)13-22(9-10-26-3)14-18(25)27-5-2/h6-7,11H,4-5,8-10,12-14H2,1-3H3. The van der Waals surface area contributed by atoms with Gasteiger partial charge in [-0.1, -0.05) is 13.0 Å². The first-order valence-corrected chi connectivity index (χ1v) is 10.5. The van der Waals surface area contributed by atoms with Crippen LogP contribution in [0.5, 0.6) is 0 Å². The van der Waals surface area contributed by atoms with E-state index in [0.717, 1.165) is 11.3 Å². The molecule has 10 heteroatoms. The second kappa shape index (κ2) is 12.3. The highest BCUT2D eigenvalue weighted by molar-refractivity contribution is 7.13. The van der Waals surface area contributed by atoms with Gasteiger partial charge in [0.2, 0.25) is 11.8 Å². The number of amides is 1. The molecule has 0 aliphatic heterocycles. The van der Waals surface area contributed by atoms with Gasteiger partial charge in [0.1, 0.15) is 0 Å². The van der Waals surface area contributed by atoms with Crippen LogP contribution in [0.4, 0.5) is 0 Å². The number of methoxy groups -OCH3 is 1. The molecule has 1 amide bonds. The zero-order valence-corrected chi connectivity index (χ0v) is 17.9. The molecule has 2 rings (SSSR count). The van der Waals surface area contributed by atoms with Crippen molar-refractivity contribution in [2.24, 2.45) is 0 Å². The van der Waals surface area contributed by atoms with Gasteiger partial charge in [0, 0.05) is 20.2 Å². The van der Waals surface area contributed by atoms with Crippen molar-refractivity contribution in [3.8, 4) is 10.8 Å². The number of hydrogen-bond acceptors (Lipinski definition) is 9. The van der Waals surface area contributed by atoms with Crippen molar-refractivity contribution in [1.29, 1.82) is 0 Å². The molecule has 0 unspecified atom stereocenters. The predicted molar refractivity (Wildman–Crippen MR) is 108 cm³/mol. The lowest BCUT2D eigenvalue weighted by Gasteiger charge is -2.25. The largest absolute Gasteiger partial charge is 0.465 e. The van der Waals surface area contributed by atoms with Gasteiger partial charge in [-0.2, -0.15) is 0 Å². The van der Waals surface area contributed by atoms with Gasteiger partial charge in [-0.3, -0.25) is 14.5 Å². The third kappa shape index (κ3) is 7.56. The van der Waals surface area contributed by atoms with E-state index < -0.39 is 0 Å². The summed E-state index contributed by atoms with van der Waals surface area (Å²) in [5.74, 6) is 0.339. The maximum atomic E-state index is 12.9. The molecule has 0 radical (unpaired) electrons. The molecule has 9 nitrogen and oxygen atoms in total. The Labute approximate surface area is 174 Å². The quantitative estimate of drug-likeness (QED) is 0.451. The minimum Gasteiger partial charge on any atom is -0.465 e. The Kier molecular flexibility index (Phi) is 9.75. The van der Waals surface area contributed by atoms with Crippen LogP contribution in [-0.2, 0) is 25.6 Å². The molecule has 0 N–H and O–H groups in total. The number of thiophene rings is 1. The Balaban J connectivity index is 2.01. The number of rotatable bonds is 13. The van der Waals surface area contributed by atoms with Gasteiger partial charge in [-0.25, -0.2) is 0 Å². The minimum absolute atomic E-state index is 0.0337. The number of hydrogen-bond donors (Lipinski definition) is 0. The molecule has 160 valence electrons. The molecular formula is C19H28N4O5S. The lowest BCUT2D eigenvalue weighted by atomic mass is 10.3. The highest BCUT2D eigenvalue weighted by Gasteiger charge is 2.21. The van der Waals surface area contributed by atoms with Crippen LogP contribution >= 0.6 is 11.3 Å². The molecule has 2 aromatic heterocycles. The summed E-state index contributed by atoms with van der Waals surface area (Å²) < 4.78 is 15.8. The number of carbonyl (C=O) groups is 2. The van der Waals surface area contributed by atoms with Crippen LogP contribution in [0.3, 0.4) is 0 Å². The number of esters is 1. The van der Waals surface area contributed by atoms with E-state index in [-0.39, 0.29) is 31.5 Å². The smallest absolute Gasteiger partial charge is 0.320 e. The van der Waals surface area contributed by atoms with Crippen LogP contribution in [0.1, 0.15) is 26.2 Å². The topological polar surface area (TPSA) is 98.0 Å². The lowest BCUT2D eigenvalue weighted by Crippen LogP contribution is -2.43. The molecule has 0 spiro atoms. The Hall–Kier alpha value is -2.30. The maximum absolute atomic E-state index is 12.9. The second-order valence-electron chi connectivity index (χ2n) is 6.30. The molecule has 29 heavy (non-hydrogen) atoms. The van der Waals surface area contributed by atoms with Gasteiger partial charge in [0.05, 0.1) is 37.7 Å². The number of aromatic nitrogens is 2. The molecular weight excluding hydrogens is 396 g/mol. The molecule has 2 aromatic rings. The van der Waals surface area contributed by atoms with E-state index in [1.54, 1.807) is 23.8 Å². The monoisotopic (exact) mass is 424 g/mol. The summed E-state index contributed by atoms with van der Waals surface area (Å²) in [4.78, 5) is 29.0. The van der Waals surface area contributed by atoms with Crippen LogP contribution in [0.2, 0.25) is 0 Å². The molecule has 0 saturated carbocycles. The van der Waals surface area contributed by atoms with Gasteiger partial charge >= 0.3 is 5.97 Å². The van der Waals surface area contributed by atoms with Gasteiger partial charge < -0.3 is 18.8 Å². The minimum atomic E-state index is -0.365. The number of nitrogens with zero attached hydrogens (tertiary/aromatic N) is 4. The van der Waals surface area contributed by atoms with E-state index in [0.29, 0.717) is 38.1 Å². The summed E-state index contributed by atoms with van der Waals surface area (Å²) in [5.41, 5.74) is 0.